The molecule has 1 aliphatic rings. The van der Waals surface area contributed by atoms with Crippen molar-refractivity contribution in [2.75, 3.05) is 6.61 Å². The van der Waals surface area contributed by atoms with Gasteiger partial charge in [-0.05, 0) is 26.7 Å². The molecule has 1 aromatic heterocycles. The highest BCUT2D eigenvalue weighted by molar-refractivity contribution is 7.91. The Balaban J connectivity index is 2.12. The van der Waals surface area contributed by atoms with Gasteiger partial charge in [0, 0.05) is 0 Å². The van der Waals surface area contributed by atoms with Gasteiger partial charge in [-0.3, -0.25) is 0 Å². The van der Waals surface area contributed by atoms with Crippen LogP contribution in [0.4, 0.5) is 0 Å². The Kier molecular flexibility index (Phi) is 5.03. The molecular weight excluding hydrogens is 294 g/mol. The maximum absolute atomic E-state index is 12.4. The summed E-state index contributed by atoms with van der Waals surface area (Å²) >= 11 is 0. The Bertz CT molecular complexity index is 599. The topological polar surface area (TPSA) is 86.5 Å². The highest BCUT2D eigenvalue weighted by Gasteiger charge is 2.30. The van der Waals surface area contributed by atoms with Crippen LogP contribution in [0.15, 0.2) is 4.42 Å². The fourth-order valence-electron chi connectivity index (χ4n) is 2.61. The Morgan fingerprint density at radius 1 is 1.33 bits per heavy atom. The van der Waals surface area contributed by atoms with Gasteiger partial charge in [-0.15, -0.1) is 0 Å². The van der Waals surface area contributed by atoms with Gasteiger partial charge in [0.1, 0.15) is 5.75 Å². The molecule has 0 radical (unpaired) electrons. The normalized spacial score (nSPS) is 16.9. The third kappa shape index (κ3) is 3.84. The number of carbonyl (C=O) groups is 1. The van der Waals surface area contributed by atoms with Crippen molar-refractivity contribution in [3.63, 3.8) is 0 Å². The van der Waals surface area contributed by atoms with Crippen LogP contribution >= 0.6 is 0 Å². The van der Waals surface area contributed by atoms with Crippen molar-refractivity contribution in [2.45, 2.75) is 57.0 Å². The SMILES string of the molecule is CCOC(=O)c1oc(CS(=O)(=O)C2CCCCC2)nc1C. The van der Waals surface area contributed by atoms with Crippen LogP contribution in [0, 0.1) is 6.92 Å². The number of esters is 1. The van der Waals surface area contributed by atoms with Crippen molar-refractivity contribution in [3.05, 3.63) is 17.3 Å². The molecule has 21 heavy (non-hydrogen) atoms. The molecule has 1 fully saturated rings. The molecule has 0 saturated heterocycles. The predicted octanol–water partition coefficient (Wildman–Crippen LogP) is 2.41. The molecule has 1 heterocycles. The summed E-state index contributed by atoms with van der Waals surface area (Å²) < 4.78 is 34.8. The number of oxazole rings is 1. The first-order valence-corrected chi connectivity index (χ1v) is 9.00. The summed E-state index contributed by atoms with van der Waals surface area (Å²) in [6.07, 6.45) is 4.39. The number of rotatable bonds is 5. The van der Waals surface area contributed by atoms with Crippen LogP contribution in [0.3, 0.4) is 0 Å². The van der Waals surface area contributed by atoms with Crippen LogP contribution in [0.1, 0.15) is 61.2 Å². The van der Waals surface area contributed by atoms with E-state index in [9.17, 15) is 13.2 Å². The molecule has 0 aliphatic heterocycles. The molecule has 7 heteroatoms. The summed E-state index contributed by atoms with van der Waals surface area (Å²) in [5.41, 5.74) is 0.363. The Morgan fingerprint density at radius 3 is 2.62 bits per heavy atom. The predicted molar refractivity (Wildman–Crippen MR) is 76.7 cm³/mol. The van der Waals surface area contributed by atoms with Gasteiger partial charge in [0.25, 0.3) is 0 Å². The van der Waals surface area contributed by atoms with Gasteiger partial charge >= 0.3 is 5.97 Å². The largest absolute Gasteiger partial charge is 0.460 e. The molecule has 0 N–H and O–H groups in total. The maximum atomic E-state index is 12.4. The zero-order valence-corrected chi connectivity index (χ0v) is 13.2. The summed E-state index contributed by atoms with van der Waals surface area (Å²) in [5, 5.41) is -0.315. The second-order valence-electron chi connectivity index (χ2n) is 5.31. The van der Waals surface area contributed by atoms with E-state index in [-0.39, 0.29) is 29.3 Å². The summed E-state index contributed by atoms with van der Waals surface area (Å²) in [5.74, 6) is -0.798. The zero-order chi connectivity index (χ0) is 15.5. The number of aryl methyl sites for hydroxylation is 1. The Labute approximate surface area is 124 Å². The van der Waals surface area contributed by atoms with Gasteiger partial charge in [0.15, 0.2) is 9.84 Å². The quantitative estimate of drug-likeness (QED) is 0.775. The number of sulfone groups is 1. The molecule has 1 aliphatic carbocycles. The second kappa shape index (κ2) is 6.60. The third-order valence-corrected chi connectivity index (χ3v) is 5.82. The van der Waals surface area contributed by atoms with E-state index in [4.69, 9.17) is 9.15 Å². The number of carbonyl (C=O) groups excluding carboxylic acids is 1. The maximum Gasteiger partial charge on any atom is 0.376 e. The van der Waals surface area contributed by atoms with Crippen molar-refractivity contribution < 1.29 is 22.4 Å². The van der Waals surface area contributed by atoms with Gasteiger partial charge in [-0.25, -0.2) is 18.2 Å². The Hall–Kier alpha value is -1.37. The standard InChI is InChI=1S/C14H21NO5S/c1-3-19-14(16)13-10(2)15-12(20-13)9-21(17,18)11-7-5-4-6-8-11/h11H,3-9H2,1-2H3. The molecule has 2 rings (SSSR count). The second-order valence-corrected chi connectivity index (χ2v) is 7.59. The van der Waals surface area contributed by atoms with E-state index in [1.165, 1.54) is 0 Å². The van der Waals surface area contributed by atoms with Crippen molar-refractivity contribution in [1.82, 2.24) is 4.98 Å². The summed E-state index contributed by atoms with van der Waals surface area (Å²) in [4.78, 5) is 15.7. The van der Waals surface area contributed by atoms with E-state index in [0.717, 1.165) is 19.3 Å². The number of hydrogen-bond acceptors (Lipinski definition) is 6. The van der Waals surface area contributed by atoms with Crippen LogP contribution in [0.2, 0.25) is 0 Å². The lowest BCUT2D eigenvalue weighted by Gasteiger charge is -2.20. The van der Waals surface area contributed by atoms with Crippen LogP contribution in [-0.4, -0.2) is 31.2 Å². The fourth-order valence-corrected chi connectivity index (χ4v) is 4.37. The Morgan fingerprint density at radius 2 is 2.00 bits per heavy atom. The first-order chi connectivity index (χ1) is 9.94. The number of ether oxygens (including phenoxy) is 1. The van der Waals surface area contributed by atoms with Crippen LogP contribution < -0.4 is 0 Å². The molecule has 6 nitrogen and oxygen atoms in total. The van der Waals surface area contributed by atoms with E-state index in [0.29, 0.717) is 18.5 Å². The highest BCUT2D eigenvalue weighted by Crippen LogP contribution is 2.26. The lowest BCUT2D eigenvalue weighted by atomic mass is 10.0. The van der Waals surface area contributed by atoms with Gasteiger partial charge in [0.2, 0.25) is 11.7 Å². The van der Waals surface area contributed by atoms with E-state index >= 15 is 0 Å². The van der Waals surface area contributed by atoms with Crippen molar-refractivity contribution in [3.8, 4) is 0 Å². The molecular formula is C14H21NO5S. The van der Waals surface area contributed by atoms with Crippen LogP contribution in [-0.2, 0) is 20.3 Å². The fraction of sp³-hybridized carbons (Fsp3) is 0.714. The molecule has 0 bridgehead atoms. The molecule has 0 spiro atoms. The molecule has 1 saturated carbocycles. The van der Waals surface area contributed by atoms with E-state index in [2.05, 4.69) is 4.98 Å². The van der Waals surface area contributed by atoms with E-state index in [1.807, 2.05) is 0 Å². The molecule has 0 aromatic carbocycles. The summed E-state index contributed by atoms with van der Waals surface area (Å²) in [7, 11) is -3.29. The van der Waals surface area contributed by atoms with Crippen molar-refractivity contribution in [2.24, 2.45) is 0 Å². The number of aromatic nitrogens is 1. The monoisotopic (exact) mass is 315 g/mol. The zero-order valence-electron chi connectivity index (χ0n) is 12.4. The minimum absolute atomic E-state index is 0.00862. The number of nitrogens with zero attached hydrogens (tertiary/aromatic N) is 1. The molecule has 0 unspecified atom stereocenters. The van der Waals surface area contributed by atoms with Crippen molar-refractivity contribution >= 4 is 15.8 Å². The lowest BCUT2D eigenvalue weighted by molar-refractivity contribution is 0.0487. The average Bonchev–Trinajstić information content (AvgIpc) is 2.80. The summed E-state index contributed by atoms with van der Waals surface area (Å²) in [6, 6.07) is 0. The van der Waals surface area contributed by atoms with Crippen LogP contribution in [0.5, 0.6) is 0 Å². The van der Waals surface area contributed by atoms with Crippen LogP contribution in [0.25, 0.3) is 0 Å². The number of hydrogen-bond donors (Lipinski definition) is 0. The highest BCUT2D eigenvalue weighted by atomic mass is 32.2. The first kappa shape index (κ1) is 16.0. The van der Waals surface area contributed by atoms with Crippen molar-refractivity contribution in [1.29, 1.82) is 0 Å². The molecule has 0 atom stereocenters. The van der Waals surface area contributed by atoms with Gasteiger partial charge in [0.05, 0.1) is 17.6 Å². The smallest absolute Gasteiger partial charge is 0.376 e. The molecule has 118 valence electrons. The minimum atomic E-state index is -3.29. The van der Waals surface area contributed by atoms with E-state index < -0.39 is 15.8 Å². The first-order valence-electron chi connectivity index (χ1n) is 7.29. The molecule has 1 aromatic rings. The van der Waals surface area contributed by atoms with Gasteiger partial charge in [-0.2, -0.15) is 0 Å². The molecule has 0 amide bonds. The third-order valence-electron chi connectivity index (χ3n) is 3.69. The van der Waals surface area contributed by atoms with Gasteiger partial charge < -0.3 is 9.15 Å². The minimum Gasteiger partial charge on any atom is -0.460 e. The summed E-state index contributed by atoms with van der Waals surface area (Å²) in [6.45, 7) is 3.53. The average molecular weight is 315 g/mol. The van der Waals surface area contributed by atoms with Gasteiger partial charge in [-0.1, -0.05) is 19.3 Å². The lowest BCUT2D eigenvalue weighted by Crippen LogP contribution is -2.25. The van der Waals surface area contributed by atoms with E-state index in [1.54, 1.807) is 13.8 Å².